The molecule has 1 rings (SSSR count). The lowest BCUT2D eigenvalue weighted by atomic mass is 9.84. The first-order valence-electron chi connectivity index (χ1n) is 9.72. The fourth-order valence-corrected chi connectivity index (χ4v) is 3.48. The van der Waals surface area contributed by atoms with Gasteiger partial charge in [0.05, 0.1) is 5.70 Å². The Morgan fingerprint density at radius 3 is 2.38 bits per heavy atom. The third-order valence-electron chi connectivity index (χ3n) is 5.04. The highest BCUT2D eigenvalue weighted by molar-refractivity contribution is 5.80. The minimum absolute atomic E-state index is 0.0272. The second-order valence-corrected chi connectivity index (χ2v) is 7.16. The van der Waals surface area contributed by atoms with Gasteiger partial charge in [0.1, 0.15) is 0 Å². The predicted molar refractivity (Wildman–Crippen MR) is 117 cm³/mol. The van der Waals surface area contributed by atoms with Crippen molar-refractivity contribution in [3.8, 4) is 0 Å². The highest BCUT2D eigenvalue weighted by Crippen LogP contribution is 2.27. The number of rotatable bonds is 9. The van der Waals surface area contributed by atoms with Crippen LogP contribution in [0.15, 0.2) is 65.4 Å². The van der Waals surface area contributed by atoms with Gasteiger partial charge in [0.2, 0.25) is 0 Å². The number of hydrogen-bond donors (Lipinski definition) is 1. The molecule has 0 saturated carbocycles. The van der Waals surface area contributed by atoms with E-state index in [0.29, 0.717) is 5.92 Å². The minimum atomic E-state index is 0.0272. The molecule has 1 aliphatic rings. The zero-order valence-corrected chi connectivity index (χ0v) is 17.2. The maximum Gasteiger partial charge on any atom is 0.0601 e. The fraction of sp³-hybridized carbons (Fsp3) is 0.522. The molecule has 0 radical (unpaired) electrons. The van der Waals surface area contributed by atoms with Crippen LogP contribution in [-0.4, -0.2) is 36.3 Å². The first-order chi connectivity index (χ1) is 12.4. The van der Waals surface area contributed by atoms with E-state index in [1.165, 1.54) is 5.57 Å². The van der Waals surface area contributed by atoms with Gasteiger partial charge >= 0.3 is 0 Å². The summed E-state index contributed by atoms with van der Waals surface area (Å²) >= 11 is 0. The third kappa shape index (κ3) is 7.27. The summed E-state index contributed by atoms with van der Waals surface area (Å²) in [6.07, 6.45) is 13.6. The van der Waals surface area contributed by atoms with E-state index < -0.39 is 0 Å². The van der Waals surface area contributed by atoms with Crippen molar-refractivity contribution < 1.29 is 0 Å². The first kappa shape index (κ1) is 22.3. The van der Waals surface area contributed by atoms with Gasteiger partial charge in [-0.15, -0.1) is 0 Å². The molecule has 0 aromatic rings. The molecule has 0 amide bonds. The SMILES string of the molecule is C=C/C=C\C(=C/C)CCN1CCC(C(N)/C(=C/C)C(=C)N=C(C)C)CC1. The summed E-state index contributed by atoms with van der Waals surface area (Å²) < 4.78 is 0. The molecule has 1 heterocycles. The van der Waals surface area contributed by atoms with Crippen molar-refractivity contribution in [3.63, 3.8) is 0 Å². The van der Waals surface area contributed by atoms with Crippen molar-refractivity contribution in [2.45, 2.75) is 53.0 Å². The Bertz CT molecular complexity index is 581. The lowest BCUT2D eigenvalue weighted by Gasteiger charge is -2.35. The Balaban J connectivity index is 2.54. The van der Waals surface area contributed by atoms with Crippen molar-refractivity contribution in [3.05, 3.63) is 60.4 Å². The normalized spacial score (nSPS) is 18.8. The van der Waals surface area contributed by atoms with E-state index in [1.54, 1.807) is 0 Å². The molecule has 3 heteroatoms. The van der Waals surface area contributed by atoms with Crippen LogP contribution < -0.4 is 5.73 Å². The Morgan fingerprint density at radius 1 is 1.23 bits per heavy atom. The zero-order chi connectivity index (χ0) is 19.5. The standard InChI is InChI=1S/C23H37N3/c1-7-10-11-20(8-2)12-15-26-16-13-21(14-17-26)23(24)22(9-3)19(6)25-18(4)5/h7-11,21,23H,1,6,12-17,24H2,2-5H3/b11-10-,20-8+,22-9+. The smallest absolute Gasteiger partial charge is 0.0601 e. The maximum absolute atomic E-state index is 6.58. The minimum Gasteiger partial charge on any atom is -0.324 e. The molecule has 0 aliphatic carbocycles. The Labute approximate surface area is 160 Å². The van der Waals surface area contributed by atoms with E-state index in [4.69, 9.17) is 5.73 Å². The topological polar surface area (TPSA) is 41.6 Å². The molecule has 1 fully saturated rings. The van der Waals surface area contributed by atoms with Crippen LogP contribution in [0, 0.1) is 5.92 Å². The van der Waals surface area contributed by atoms with Gasteiger partial charge in [0, 0.05) is 18.3 Å². The second kappa shape index (κ2) is 11.8. The number of likely N-dealkylation sites (tertiary alicyclic amines) is 1. The zero-order valence-electron chi connectivity index (χ0n) is 17.2. The van der Waals surface area contributed by atoms with Gasteiger partial charge in [-0.05, 0) is 71.5 Å². The molecule has 1 aliphatic heterocycles. The molecule has 2 N–H and O–H groups in total. The summed E-state index contributed by atoms with van der Waals surface area (Å²) in [5.41, 5.74) is 10.9. The van der Waals surface area contributed by atoms with E-state index in [-0.39, 0.29) is 6.04 Å². The van der Waals surface area contributed by atoms with E-state index in [0.717, 1.165) is 55.9 Å². The van der Waals surface area contributed by atoms with Crippen LogP contribution in [0.25, 0.3) is 0 Å². The van der Waals surface area contributed by atoms with Gasteiger partial charge in [-0.25, -0.2) is 0 Å². The van der Waals surface area contributed by atoms with Gasteiger partial charge < -0.3 is 10.6 Å². The molecule has 0 spiro atoms. The highest BCUT2D eigenvalue weighted by atomic mass is 15.1. The van der Waals surface area contributed by atoms with Crippen LogP contribution in [0.2, 0.25) is 0 Å². The number of nitrogens with two attached hydrogens (primary N) is 1. The van der Waals surface area contributed by atoms with Gasteiger partial charge in [0.15, 0.2) is 0 Å². The van der Waals surface area contributed by atoms with Gasteiger partial charge in [-0.1, -0.05) is 49.1 Å². The molecule has 1 unspecified atom stereocenters. The first-order valence-corrected chi connectivity index (χ1v) is 9.72. The average Bonchev–Trinajstić information content (AvgIpc) is 2.62. The Kier molecular flexibility index (Phi) is 10.2. The number of aliphatic imine (C=N–C) groups is 1. The van der Waals surface area contributed by atoms with Crippen LogP contribution in [-0.2, 0) is 0 Å². The van der Waals surface area contributed by atoms with Crippen LogP contribution >= 0.6 is 0 Å². The molecule has 0 aromatic heterocycles. The lowest BCUT2D eigenvalue weighted by molar-refractivity contribution is 0.177. The number of nitrogens with zero attached hydrogens (tertiary/aromatic N) is 2. The molecule has 1 atom stereocenters. The lowest BCUT2D eigenvalue weighted by Crippen LogP contribution is -2.42. The predicted octanol–water partition coefficient (Wildman–Crippen LogP) is 5.05. The third-order valence-corrected chi connectivity index (χ3v) is 5.04. The van der Waals surface area contributed by atoms with Crippen molar-refractivity contribution in [1.29, 1.82) is 0 Å². The summed E-state index contributed by atoms with van der Waals surface area (Å²) in [4.78, 5) is 7.05. The molecule has 26 heavy (non-hydrogen) atoms. The number of allylic oxidation sites excluding steroid dienone is 5. The van der Waals surface area contributed by atoms with Crippen LogP contribution in [0.1, 0.15) is 47.0 Å². The molecule has 3 nitrogen and oxygen atoms in total. The van der Waals surface area contributed by atoms with Crippen LogP contribution in [0.3, 0.4) is 0 Å². The van der Waals surface area contributed by atoms with E-state index in [9.17, 15) is 0 Å². The molecule has 1 saturated heterocycles. The van der Waals surface area contributed by atoms with Crippen molar-refractivity contribution in [1.82, 2.24) is 4.90 Å². The highest BCUT2D eigenvalue weighted by Gasteiger charge is 2.27. The monoisotopic (exact) mass is 355 g/mol. The Hall–Kier alpha value is -1.71. The summed E-state index contributed by atoms with van der Waals surface area (Å²) in [5, 5.41) is 0. The second-order valence-electron chi connectivity index (χ2n) is 7.16. The van der Waals surface area contributed by atoms with Crippen molar-refractivity contribution >= 4 is 5.71 Å². The summed E-state index contributed by atoms with van der Waals surface area (Å²) in [5.74, 6) is 0.503. The fourth-order valence-electron chi connectivity index (χ4n) is 3.48. The van der Waals surface area contributed by atoms with E-state index >= 15 is 0 Å². The van der Waals surface area contributed by atoms with E-state index in [1.807, 2.05) is 32.9 Å². The van der Waals surface area contributed by atoms with E-state index in [2.05, 4.69) is 48.2 Å². The summed E-state index contributed by atoms with van der Waals surface area (Å²) in [6.45, 7) is 19.3. The average molecular weight is 356 g/mol. The van der Waals surface area contributed by atoms with Gasteiger partial charge in [0.25, 0.3) is 0 Å². The summed E-state index contributed by atoms with van der Waals surface area (Å²) in [7, 11) is 0. The molecule has 144 valence electrons. The summed E-state index contributed by atoms with van der Waals surface area (Å²) in [6, 6.07) is 0.0272. The maximum atomic E-state index is 6.58. The van der Waals surface area contributed by atoms with Crippen molar-refractivity contribution in [2.75, 3.05) is 19.6 Å². The molecular formula is C23H37N3. The molecule has 0 aromatic carbocycles. The van der Waals surface area contributed by atoms with Crippen molar-refractivity contribution in [2.24, 2.45) is 16.6 Å². The van der Waals surface area contributed by atoms with Crippen LogP contribution in [0.5, 0.6) is 0 Å². The van der Waals surface area contributed by atoms with Gasteiger partial charge in [-0.2, -0.15) is 0 Å². The largest absolute Gasteiger partial charge is 0.324 e. The Morgan fingerprint density at radius 2 is 1.88 bits per heavy atom. The number of piperidine rings is 1. The quantitative estimate of drug-likeness (QED) is 0.465. The van der Waals surface area contributed by atoms with Gasteiger partial charge in [-0.3, -0.25) is 4.99 Å². The molecule has 0 bridgehead atoms. The number of hydrogen-bond acceptors (Lipinski definition) is 3. The van der Waals surface area contributed by atoms with Crippen LogP contribution in [0.4, 0.5) is 0 Å². The molecular weight excluding hydrogens is 318 g/mol.